The van der Waals surface area contributed by atoms with Gasteiger partial charge in [-0.1, -0.05) is 29.8 Å². The van der Waals surface area contributed by atoms with Crippen LogP contribution in [0.2, 0.25) is 5.15 Å². The molecule has 0 atom stereocenters. The van der Waals surface area contributed by atoms with Gasteiger partial charge in [0.2, 0.25) is 0 Å². The molecule has 3 aromatic rings. The van der Waals surface area contributed by atoms with E-state index in [0.29, 0.717) is 33.8 Å². The molecule has 154 valence electrons. The summed E-state index contributed by atoms with van der Waals surface area (Å²) in [5.41, 5.74) is 0.772. The van der Waals surface area contributed by atoms with E-state index in [9.17, 15) is 14.0 Å². The quantitative estimate of drug-likeness (QED) is 0.569. The number of halogens is 3. The number of benzene rings is 1. The van der Waals surface area contributed by atoms with Gasteiger partial charge >= 0.3 is 0 Å². The van der Waals surface area contributed by atoms with Crippen LogP contribution in [0.3, 0.4) is 0 Å². The summed E-state index contributed by atoms with van der Waals surface area (Å²) in [4.78, 5) is 13.1. The van der Waals surface area contributed by atoms with E-state index in [1.54, 1.807) is 19.1 Å². The lowest BCUT2D eigenvalue weighted by Crippen LogP contribution is -2.18. The van der Waals surface area contributed by atoms with Crippen LogP contribution in [0.15, 0.2) is 30.3 Å². The van der Waals surface area contributed by atoms with Gasteiger partial charge < -0.3 is 10.4 Å². The Kier molecular flexibility index (Phi) is 5.04. The molecular weight excluding hydrogens is 412 g/mol. The molecule has 30 heavy (non-hydrogen) atoms. The van der Waals surface area contributed by atoms with E-state index in [1.807, 2.05) is 0 Å². The first-order chi connectivity index (χ1) is 14.3. The maximum absolute atomic E-state index is 13.8. The van der Waals surface area contributed by atoms with Crippen molar-refractivity contribution in [2.24, 2.45) is 0 Å². The van der Waals surface area contributed by atoms with Gasteiger partial charge in [0.05, 0.1) is 16.9 Å². The molecule has 1 aliphatic rings. The van der Waals surface area contributed by atoms with Gasteiger partial charge in [-0.05, 0) is 37.5 Å². The van der Waals surface area contributed by atoms with Crippen LogP contribution in [0, 0.1) is 18.3 Å². The number of aryl methyl sites for hydroxylation is 1. The molecule has 0 unspecified atom stereocenters. The van der Waals surface area contributed by atoms with E-state index in [0.717, 1.165) is 12.8 Å². The van der Waals surface area contributed by atoms with Crippen LogP contribution >= 0.6 is 11.6 Å². The van der Waals surface area contributed by atoms with Gasteiger partial charge in [-0.3, -0.25) is 0 Å². The van der Waals surface area contributed by atoms with Crippen LogP contribution < -0.4 is 5.32 Å². The number of rotatable bonds is 6. The lowest BCUT2D eigenvalue weighted by atomic mass is 9.98. The SMILES string of the molecule is Cc1nc(NCc2cccc(C(F)(F)CO)c2)c2cc(C3(C#N)CC3)c(Cl)nc2n1. The molecule has 0 aliphatic heterocycles. The molecule has 1 saturated carbocycles. The zero-order valence-corrected chi connectivity index (χ0v) is 16.8. The zero-order valence-electron chi connectivity index (χ0n) is 16.1. The van der Waals surface area contributed by atoms with Crippen molar-refractivity contribution in [1.29, 1.82) is 5.26 Å². The topological polar surface area (TPSA) is 94.7 Å². The fourth-order valence-corrected chi connectivity index (χ4v) is 3.68. The molecule has 0 spiro atoms. The van der Waals surface area contributed by atoms with Crippen molar-refractivity contribution in [3.8, 4) is 6.07 Å². The Labute approximate surface area is 176 Å². The van der Waals surface area contributed by atoms with Crippen molar-refractivity contribution >= 4 is 28.5 Å². The summed E-state index contributed by atoms with van der Waals surface area (Å²) in [5, 5.41) is 22.5. The maximum atomic E-state index is 13.8. The number of hydrogen-bond donors (Lipinski definition) is 2. The van der Waals surface area contributed by atoms with Crippen LogP contribution in [0.4, 0.5) is 14.6 Å². The van der Waals surface area contributed by atoms with Crippen LogP contribution in [-0.2, 0) is 17.9 Å². The smallest absolute Gasteiger partial charge is 0.295 e. The third-order valence-corrected chi connectivity index (χ3v) is 5.53. The minimum Gasteiger partial charge on any atom is -0.390 e. The summed E-state index contributed by atoms with van der Waals surface area (Å²) in [5.74, 6) is -2.35. The number of hydrogen-bond acceptors (Lipinski definition) is 6. The lowest BCUT2D eigenvalue weighted by Gasteiger charge is -2.16. The lowest BCUT2D eigenvalue weighted by molar-refractivity contribution is -0.0556. The van der Waals surface area contributed by atoms with Gasteiger partial charge in [0.15, 0.2) is 5.65 Å². The number of aliphatic hydroxyl groups excluding tert-OH is 1. The molecule has 6 nitrogen and oxygen atoms in total. The molecule has 1 aliphatic carbocycles. The Hall–Kier alpha value is -2.89. The summed E-state index contributed by atoms with van der Waals surface area (Å²) in [6.45, 7) is 0.686. The van der Waals surface area contributed by atoms with E-state index >= 15 is 0 Å². The van der Waals surface area contributed by atoms with E-state index in [2.05, 4.69) is 26.3 Å². The molecule has 1 aromatic carbocycles. The van der Waals surface area contributed by atoms with Crippen LogP contribution in [-0.4, -0.2) is 26.7 Å². The number of nitriles is 1. The Morgan fingerprint density at radius 2 is 2.03 bits per heavy atom. The highest BCUT2D eigenvalue weighted by Crippen LogP contribution is 2.50. The average Bonchev–Trinajstić information content (AvgIpc) is 3.52. The Balaban J connectivity index is 1.69. The highest BCUT2D eigenvalue weighted by Gasteiger charge is 2.47. The zero-order chi connectivity index (χ0) is 21.5. The first kappa shape index (κ1) is 20.4. The normalized spacial score (nSPS) is 15.1. The van der Waals surface area contributed by atoms with Crippen LogP contribution in [0.5, 0.6) is 0 Å². The molecule has 4 rings (SSSR count). The van der Waals surface area contributed by atoms with E-state index < -0.39 is 17.9 Å². The summed E-state index contributed by atoms with van der Waals surface area (Å²) in [6.07, 6.45) is 1.44. The second-order valence-corrected chi connectivity index (χ2v) is 7.79. The number of anilines is 1. The monoisotopic (exact) mass is 429 g/mol. The van der Waals surface area contributed by atoms with Gasteiger partial charge in [0.25, 0.3) is 5.92 Å². The summed E-state index contributed by atoms with van der Waals surface area (Å²) < 4.78 is 27.6. The predicted octanol–water partition coefficient (Wildman–Crippen LogP) is 4.24. The fraction of sp³-hybridized carbons (Fsp3) is 0.333. The first-order valence-corrected chi connectivity index (χ1v) is 9.74. The number of fused-ring (bicyclic) bond motifs is 1. The fourth-order valence-electron chi connectivity index (χ4n) is 3.36. The first-order valence-electron chi connectivity index (χ1n) is 9.36. The van der Waals surface area contributed by atoms with Crippen molar-refractivity contribution in [2.45, 2.75) is 37.6 Å². The van der Waals surface area contributed by atoms with E-state index in [4.69, 9.17) is 16.7 Å². The Morgan fingerprint density at radius 3 is 2.70 bits per heavy atom. The highest BCUT2D eigenvalue weighted by atomic mass is 35.5. The summed E-state index contributed by atoms with van der Waals surface area (Å²) in [6, 6.07) is 9.94. The molecule has 0 bridgehead atoms. The van der Waals surface area contributed by atoms with Gasteiger partial charge in [-0.15, -0.1) is 0 Å². The Bertz CT molecular complexity index is 1170. The van der Waals surface area contributed by atoms with Gasteiger partial charge in [0, 0.05) is 17.7 Å². The molecule has 2 N–H and O–H groups in total. The standard InChI is InChI=1S/C21H18ClF2N5O/c1-12-27-18(26-9-13-3-2-4-14(7-13)21(23,24)11-30)15-8-16(20(10-25)5-6-20)17(22)29-19(15)28-12/h2-4,7-8,30H,5-6,9,11H2,1H3,(H,26,27,28,29). The van der Waals surface area contributed by atoms with Gasteiger partial charge in [-0.2, -0.15) is 14.0 Å². The summed E-state index contributed by atoms with van der Waals surface area (Å²) >= 11 is 6.32. The van der Waals surface area contributed by atoms with Gasteiger partial charge in [0.1, 0.15) is 23.4 Å². The summed E-state index contributed by atoms with van der Waals surface area (Å²) in [7, 11) is 0. The third kappa shape index (κ3) is 3.66. The average molecular weight is 430 g/mol. The highest BCUT2D eigenvalue weighted by molar-refractivity contribution is 6.30. The molecular formula is C21H18ClF2N5O. The third-order valence-electron chi connectivity index (χ3n) is 5.24. The number of nitrogens with zero attached hydrogens (tertiary/aromatic N) is 4. The van der Waals surface area contributed by atoms with Gasteiger partial charge in [-0.25, -0.2) is 15.0 Å². The molecule has 2 aromatic heterocycles. The minimum absolute atomic E-state index is 0.224. The predicted molar refractivity (Wildman–Crippen MR) is 108 cm³/mol. The maximum Gasteiger partial charge on any atom is 0.295 e. The number of alkyl halides is 2. The second kappa shape index (κ2) is 7.42. The number of nitrogens with one attached hydrogen (secondary N) is 1. The van der Waals surface area contributed by atoms with Crippen molar-refractivity contribution in [1.82, 2.24) is 15.0 Å². The van der Waals surface area contributed by atoms with Crippen molar-refractivity contribution in [2.75, 3.05) is 11.9 Å². The van der Waals surface area contributed by atoms with Crippen LogP contribution in [0.1, 0.15) is 35.4 Å². The number of pyridine rings is 1. The number of aliphatic hydroxyl groups is 1. The van der Waals surface area contributed by atoms with E-state index in [1.165, 1.54) is 18.2 Å². The van der Waals surface area contributed by atoms with Crippen molar-refractivity contribution < 1.29 is 13.9 Å². The van der Waals surface area contributed by atoms with Crippen LogP contribution in [0.25, 0.3) is 11.0 Å². The molecule has 0 radical (unpaired) electrons. The largest absolute Gasteiger partial charge is 0.390 e. The number of aromatic nitrogens is 3. The molecule has 9 heteroatoms. The second-order valence-electron chi connectivity index (χ2n) is 7.43. The molecule has 2 heterocycles. The molecule has 1 fully saturated rings. The molecule has 0 amide bonds. The van der Waals surface area contributed by atoms with E-state index in [-0.39, 0.29) is 17.3 Å². The Morgan fingerprint density at radius 1 is 1.27 bits per heavy atom. The minimum atomic E-state index is -3.31. The van der Waals surface area contributed by atoms with Crippen molar-refractivity contribution in [3.63, 3.8) is 0 Å². The van der Waals surface area contributed by atoms with Crippen molar-refractivity contribution in [3.05, 3.63) is 58.0 Å². The molecule has 0 saturated heterocycles.